The lowest BCUT2D eigenvalue weighted by molar-refractivity contribution is -0.139. The van der Waals surface area contributed by atoms with E-state index in [1.54, 1.807) is 0 Å². The van der Waals surface area contributed by atoms with Crippen LogP contribution in [0, 0.1) is 5.82 Å². The largest absolute Gasteiger partial charge is 0.502 e. The number of hydrogen-bond donors (Lipinski definition) is 3. The number of rotatable bonds is 3. The normalized spacial score (nSPS) is 9.79. The summed E-state index contributed by atoms with van der Waals surface area (Å²) in [6.07, 6.45) is 0. The molecule has 0 amide bonds. The van der Waals surface area contributed by atoms with Crippen LogP contribution in [0.5, 0.6) is 17.2 Å². The van der Waals surface area contributed by atoms with E-state index >= 15 is 0 Å². The molecule has 0 atom stereocenters. The lowest BCUT2D eigenvalue weighted by Gasteiger charge is -2.06. The van der Waals surface area contributed by atoms with E-state index < -0.39 is 29.9 Å². The zero-order valence-corrected chi connectivity index (χ0v) is 6.90. The number of halogens is 1. The van der Waals surface area contributed by atoms with Crippen molar-refractivity contribution in [3.63, 3.8) is 0 Å². The summed E-state index contributed by atoms with van der Waals surface area (Å²) in [4.78, 5) is 10.1. The molecule has 6 heteroatoms. The van der Waals surface area contributed by atoms with Crippen molar-refractivity contribution in [2.45, 2.75) is 0 Å². The molecule has 0 saturated heterocycles. The second-order valence-corrected chi connectivity index (χ2v) is 2.43. The van der Waals surface area contributed by atoms with Gasteiger partial charge >= 0.3 is 5.97 Å². The lowest BCUT2D eigenvalue weighted by Crippen LogP contribution is -2.09. The van der Waals surface area contributed by atoms with Gasteiger partial charge in [-0.2, -0.15) is 0 Å². The van der Waals surface area contributed by atoms with E-state index in [1.807, 2.05) is 0 Å². The van der Waals surface area contributed by atoms with Gasteiger partial charge in [0.25, 0.3) is 0 Å². The first kappa shape index (κ1) is 10.1. The summed E-state index contributed by atoms with van der Waals surface area (Å²) >= 11 is 0. The van der Waals surface area contributed by atoms with Crippen molar-refractivity contribution in [3.05, 3.63) is 17.9 Å². The number of aliphatic carboxylic acids is 1. The van der Waals surface area contributed by atoms with Crippen molar-refractivity contribution < 1.29 is 29.2 Å². The van der Waals surface area contributed by atoms with Gasteiger partial charge in [0.1, 0.15) is 0 Å². The Morgan fingerprint density at radius 2 is 2.00 bits per heavy atom. The minimum atomic E-state index is -1.24. The van der Waals surface area contributed by atoms with Gasteiger partial charge in [-0.1, -0.05) is 0 Å². The van der Waals surface area contributed by atoms with Gasteiger partial charge in [-0.05, 0) is 12.1 Å². The molecule has 0 fully saturated rings. The number of phenolic OH excluding ortho intramolecular Hbond substituents is 2. The first-order valence-corrected chi connectivity index (χ1v) is 3.57. The first-order valence-electron chi connectivity index (χ1n) is 3.57. The highest BCUT2D eigenvalue weighted by atomic mass is 19.1. The van der Waals surface area contributed by atoms with Crippen LogP contribution >= 0.6 is 0 Å². The molecule has 1 aromatic carbocycles. The lowest BCUT2D eigenvalue weighted by atomic mass is 10.3. The molecule has 1 rings (SSSR count). The molecule has 0 aliphatic heterocycles. The predicted molar refractivity (Wildman–Crippen MR) is 42.9 cm³/mol. The maximum absolute atomic E-state index is 12.6. The Labute approximate surface area is 78.0 Å². The number of carbonyl (C=O) groups is 1. The summed E-state index contributed by atoms with van der Waals surface area (Å²) < 4.78 is 17.1. The fourth-order valence-electron chi connectivity index (χ4n) is 0.792. The third-order valence-corrected chi connectivity index (χ3v) is 1.42. The summed E-state index contributed by atoms with van der Waals surface area (Å²) in [5, 5.41) is 26.2. The zero-order chi connectivity index (χ0) is 10.7. The fraction of sp³-hybridized carbons (Fsp3) is 0.125. The summed E-state index contributed by atoms with van der Waals surface area (Å²) in [5.41, 5.74) is 0. The van der Waals surface area contributed by atoms with Gasteiger partial charge in [-0.3, -0.25) is 0 Å². The van der Waals surface area contributed by atoms with E-state index in [1.165, 1.54) is 0 Å². The smallest absolute Gasteiger partial charge is 0.341 e. The van der Waals surface area contributed by atoms with Gasteiger partial charge in [-0.15, -0.1) is 0 Å². The zero-order valence-electron chi connectivity index (χ0n) is 6.90. The van der Waals surface area contributed by atoms with Crippen molar-refractivity contribution in [1.82, 2.24) is 0 Å². The third-order valence-electron chi connectivity index (χ3n) is 1.42. The molecule has 0 bridgehead atoms. The summed E-state index contributed by atoms with van der Waals surface area (Å²) in [5.74, 6) is -4.32. The Balaban J connectivity index is 2.88. The monoisotopic (exact) mass is 202 g/mol. The number of phenols is 2. The predicted octanol–water partition coefficient (Wildman–Crippen LogP) is 0.700. The average Bonchev–Trinajstić information content (AvgIpc) is 2.13. The minimum absolute atomic E-state index is 0.286. The number of ether oxygens (including phenoxy) is 1. The van der Waals surface area contributed by atoms with Crippen LogP contribution in [0.4, 0.5) is 4.39 Å². The molecule has 0 radical (unpaired) electrons. The number of carboxylic acid groups (broad SMARTS) is 1. The summed E-state index contributed by atoms with van der Waals surface area (Å²) in [6.45, 7) is -0.682. The van der Waals surface area contributed by atoms with Crippen LogP contribution in [0.3, 0.4) is 0 Å². The molecule has 76 valence electrons. The summed E-state index contributed by atoms with van der Waals surface area (Å²) in [7, 11) is 0. The summed E-state index contributed by atoms with van der Waals surface area (Å²) in [6, 6.07) is 1.87. The molecular weight excluding hydrogens is 195 g/mol. The molecule has 14 heavy (non-hydrogen) atoms. The molecular formula is C8H7FO5. The van der Waals surface area contributed by atoms with E-state index in [-0.39, 0.29) is 5.75 Å². The average molecular weight is 202 g/mol. The molecule has 0 aliphatic carbocycles. The Morgan fingerprint density at radius 1 is 1.36 bits per heavy atom. The van der Waals surface area contributed by atoms with E-state index in [2.05, 4.69) is 4.74 Å². The molecule has 0 spiro atoms. The fourth-order valence-corrected chi connectivity index (χ4v) is 0.792. The van der Waals surface area contributed by atoms with Gasteiger partial charge in [0.05, 0.1) is 0 Å². The number of aromatic hydroxyl groups is 2. The molecule has 0 unspecified atom stereocenters. The van der Waals surface area contributed by atoms with Crippen LogP contribution in [-0.2, 0) is 4.79 Å². The minimum Gasteiger partial charge on any atom is -0.502 e. The van der Waals surface area contributed by atoms with Gasteiger partial charge in [0.15, 0.2) is 23.9 Å². The van der Waals surface area contributed by atoms with Crippen LogP contribution in [0.2, 0.25) is 0 Å². The number of carboxylic acids is 1. The molecule has 5 nitrogen and oxygen atoms in total. The van der Waals surface area contributed by atoms with Crippen LogP contribution in [0.25, 0.3) is 0 Å². The molecule has 1 aromatic rings. The van der Waals surface area contributed by atoms with E-state index in [9.17, 15) is 9.18 Å². The van der Waals surface area contributed by atoms with Crippen molar-refractivity contribution >= 4 is 5.97 Å². The Bertz CT molecular complexity index is 363. The quantitative estimate of drug-likeness (QED) is 0.628. The van der Waals surface area contributed by atoms with Crippen LogP contribution < -0.4 is 4.74 Å². The number of hydrogen-bond acceptors (Lipinski definition) is 4. The van der Waals surface area contributed by atoms with Crippen LogP contribution in [0.1, 0.15) is 0 Å². The maximum atomic E-state index is 12.6. The van der Waals surface area contributed by atoms with Gasteiger partial charge in [0.2, 0.25) is 5.75 Å². The Morgan fingerprint density at radius 3 is 2.57 bits per heavy atom. The Hall–Kier alpha value is -1.98. The maximum Gasteiger partial charge on any atom is 0.341 e. The molecule has 3 N–H and O–H groups in total. The molecule has 0 aliphatic rings. The SMILES string of the molecule is O=C(O)COc1ccc(F)c(O)c1O. The van der Waals surface area contributed by atoms with Crippen molar-refractivity contribution in [2.75, 3.05) is 6.61 Å². The molecule has 0 heterocycles. The highest BCUT2D eigenvalue weighted by molar-refractivity contribution is 5.68. The first-order chi connectivity index (χ1) is 6.52. The van der Waals surface area contributed by atoms with Gasteiger partial charge in [-0.25, -0.2) is 9.18 Å². The van der Waals surface area contributed by atoms with Crippen LogP contribution in [-0.4, -0.2) is 27.9 Å². The van der Waals surface area contributed by atoms with E-state index in [0.717, 1.165) is 12.1 Å². The van der Waals surface area contributed by atoms with Gasteiger partial charge in [0, 0.05) is 0 Å². The van der Waals surface area contributed by atoms with E-state index in [0.29, 0.717) is 0 Å². The standard InChI is InChI=1S/C8H7FO5/c9-4-1-2-5(8(13)7(4)12)14-3-6(10)11/h1-2,12-13H,3H2,(H,10,11). The topological polar surface area (TPSA) is 87.0 Å². The van der Waals surface area contributed by atoms with Crippen LogP contribution in [0.15, 0.2) is 12.1 Å². The van der Waals surface area contributed by atoms with Crippen molar-refractivity contribution in [1.29, 1.82) is 0 Å². The van der Waals surface area contributed by atoms with Gasteiger partial charge < -0.3 is 20.1 Å². The third kappa shape index (κ3) is 2.03. The molecule has 0 aromatic heterocycles. The van der Waals surface area contributed by atoms with E-state index in [4.69, 9.17) is 15.3 Å². The second-order valence-electron chi connectivity index (χ2n) is 2.43. The van der Waals surface area contributed by atoms with Crippen molar-refractivity contribution in [2.24, 2.45) is 0 Å². The highest BCUT2D eigenvalue weighted by Gasteiger charge is 2.13. The van der Waals surface area contributed by atoms with Crippen molar-refractivity contribution in [3.8, 4) is 17.2 Å². The Kier molecular flexibility index (Phi) is 2.76. The second kappa shape index (κ2) is 3.82. The molecule has 0 saturated carbocycles. The number of benzene rings is 1. The highest BCUT2D eigenvalue weighted by Crippen LogP contribution is 2.36.